The molecule has 21 heavy (non-hydrogen) atoms. The van der Waals surface area contributed by atoms with Crippen LogP contribution in [0.25, 0.3) is 10.9 Å². The van der Waals surface area contributed by atoms with Gasteiger partial charge in [-0.3, -0.25) is 0 Å². The van der Waals surface area contributed by atoms with E-state index < -0.39 is 0 Å². The predicted molar refractivity (Wildman–Crippen MR) is 89.1 cm³/mol. The van der Waals surface area contributed by atoms with Gasteiger partial charge in [0.15, 0.2) is 5.84 Å². The summed E-state index contributed by atoms with van der Waals surface area (Å²) in [5.41, 5.74) is 7.52. The Morgan fingerprint density at radius 3 is 2.76 bits per heavy atom. The molecule has 1 aromatic heterocycles. The van der Waals surface area contributed by atoms with Crippen molar-refractivity contribution in [2.45, 2.75) is 9.92 Å². The van der Waals surface area contributed by atoms with Gasteiger partial charge in [-0.05, 0) is 30.3 Å². The fraction of sp³-hybridized carbons (Fsp3) is 0. The molecule has 3 rings (SSSR count). The summed E-state index contributed by atoms with van der Waals surface area (Å²) in [6, 6.07) is 15.9. The largest absolute Gasteiger partial charge is 0.409 e. The summed E-state index contributed by atoms with van der Waals surface area (Å²) in [6.45, 7) is 0. The van der Waals surface area contributed by atoms with Gasteiger partial charge in [-0.2, -0.15) is 0 Å². The van der Waals surface area contributed by atoms with Crippen LogP contribution in [-0.4, -0.2) is 16.0 Å². The normalized spacial score (nSPS) is 12.0. The lowest BCUT2D eigenvalue weighted by atomic mass is 10.2. The average Bonchev–Trinajstić information content (AvgIpc) is 2.90. The Balaban J connectivity index is 2.01. The number of benzene rings is 2. The molecule has 0 saturated carbocycles. The topological polar surface area (TPSA) is 74.4 Å². The van der Waals surface area contributed by atoms with Crippen LogP contribution in [0.2, 0.25) is 0 Å². The lowest BCUT2D eigenvalue weighted by molar-refractivity contribution is 0.318. The van der Waals surface area contributed by atoms with Crippen LogP contribution in [0.15, 0.2) is 68.1 Å². The first-order chi connectivity index (χ1) is 10.2. The van der Waals surface area contributed by atoms with Crippen LogP contribution in [0, 0.1) is 0 Å². The van der Waals surface area contributed by atoms with E-state index in [4.69, 9.17) is 10.9 Å². The summed E-state index contributed by atoms with van der Waals surface area (Å²) >= 11 is 4.94. The molecule has 0 aliphatic rings. The lowest BCUT2D eigenvalue weighted by Gasteiger charge is -2.07. The van der Waals surface area contributed by atoms with E-state index in [1.165, 1.54) is 0 Å². The van der Waals surface area contributed by atoms with Gasteiger partial charge >= 0.3 is 0 Å². The number of rotatable bonds is 3. The Kier molecular flexibility index (Phi) is 3.90. The molecular formula is C15H12BrN3OS. The van der Waals surface area contributed by atoms with E-state index in [0.717, 1.165) is 25.3 Å². The van der Waals surface area contributed by atoms with Crippen molar-refractivity contribution in [1.82, 2.24) is 4.98 Å². The van der Waals surface area contributed by atoms with E-state index in [1.54, 1.807) is 11.8 Å². The molecule has 0 fully saturated rings. The number of halogens is 1. The lowest BCUT2D eigenvalue weighted by Crippen LogP contribution is -2.14. The molecule has 0 bridgehead atoms. The van der Waals surface area contributed by atoms with Crippen LogP contribution in [0.5, 0.6) is 0 Å². The quantitative estimate of drug-likeness (QED) is 0.283. The van der Waals surface area contributed by atoms with E-state index in [2.05, 4.69) is 38.2 Å². The number of nitrogens with one attached hydrogen (secondary N) is 1. The Hall–Kier alpha value is -1.92. The van der Waals surface area contributed by atoms with Crippen LogP contribution in [-0.2, 0) is 0 Å². The molecule has 4 nitrogen and oxygen atoms in total. The molecule has 6 heteroatoms. The minimum atomic E-state index is 0.0925. The maximum Gasteiger partial charge on any atom is 0.171 e. The van der Waals surface area contributed by atoms with Gasteiger partial charge in [0.05, 0.1) is 5.03 Å². The van der Waals surface area contributed by atoms with Gasteiger partial charge in [-0.25, -0.2) is 0 Å². The van der Waals surface area contributed by atoms with E-state index in [-0.39, 0.29) is 5.84 Å². The van der Waals surface area contributed by atoms with Crippen molar-refractivity contribution in [2.24, 2.45) is 10.9 Å². The highest BCUT2D eigenvalue weighted by atomic mass is 79.9. The maximum absolute atomic E-state index is 8.91. The zero-order valence-corrected chi connectivity index (χ0v) is 13.3. The fourth-order valence-electron chi connectivity index (χ4n) is 2.07. The number of para-hydroxylation sites is 1. The number of aromatic amines is 1. The summed E-state index contributed by atoms with van der Waals surface area (Å²) in [6.07, 6.45) is 0. The van der Waals surface area contributed by atoms with Crippen molar-refractivity contribution in [2.75, 3.05) is 0 Å². The zero-order valence-electron chi connectivity index (χ0n) is 10.9. The molecule has 3 aromatic rings. The first-order valence-electron chi connectivity index (χ1n) is 6.20. The van der Waals surface area contributed by atoms with Crippen molar-refractivity contribution < 1.29 is 5.21 Å². The number of oxime groups is 1. The Labute approximate surface area is 134 Å². The molecule has 0 amide bonds. The minimum absolute atomic E-state index is 0.0925. The number of hydrogen-bond donors (Lipinski definition) is 3. The number of hydrogen-bond acceptors (Lipinski definition) is 3. The molecule has 0 unspecified atom stereocenters. The second kappa shape index (κ2) is 5.83. The molecular weight excluding hydrogens is 350 g/mol. The van der Waals surface area contributed by atoms with Crippen molar-refractivity contribution in [3.63, 3.8) is 0 Å². The highest BCUT2D eigenvalue weighted by molar-refractivity contribution is 9.10. The summed E-state index contributed by atoms with van der Waals surface area (Å²) < 4.78 is 0.880. The minimum Gasteiger partial charge on any atom is -0.409 e. The number of nitrogens with two attached hydrogens (primary N) is 1. The van der Waals surface area contributed by atoms with Crippen LogP contribution in [0.4, 0.5) is 0 Å². The average molecular weight is 362 g/mol. The monoisotopic (exact) mass is 361 g/mol. The molecule has 4 N–H and O–H groups in total. The van der Waals surface area contributed by atoms with E-state index in [0.29, 0.717) is 5.56 Å². The van der Waals surface area contributed by atoms with Gasteiger partial charge in [0.1, 0.15) is 0 Å². The van der Waals surface area contributed by atoms with Crippen molar-refractivity contribution >= 4 is 44.4 Å². The third kappa shape index (κ3) is 2.91. The van der Waals surface area contributed by atoms with Crippen molar-refractivity contribution in [3.05, 3.63) is 58.6 Å². The third-order valence-corrected chi connectivity index (χ3v) is 4.56. The molecule has 2 aromatic carbocycles. The van der Waals surface area contributed by atoms with Crippen LogP contribution >= 0.6 is 27.7 Å². The first-order valence-corrected chi connectivity index (χ1v) is 7.81. The number of amidine groups is 1. The molecule has 0 aliphatic heterocycles. The van der Waals surface area contributed by atoms with Gasteiger partial charge in [-0.1, -0.05) is 51.0 Å². The number of fused-ring (bicyclic) bond motifs is 1. The predicted octanol–water partition coefficient (Wildman–Crippen LogP) is 4.18. The summed E-state index contributed by atoms with van der Waals surface area (Å²) in [5.74, 6) is 0.0925. The molecule has 0 atom stereocenters. The van der Waals surface area contributed by atoms with Crippen LogP contribution in [0.3, 0.4) is 0 Å². The van der Waals surface area contributed by atoms with Gasteiger partial charge in [-0.15, -0.1) is 0 Å². The van der Waals surface area contributed by atoms with Crippen molar-refractivity contribution in [3.8, 4) is 0 Å². The van der Waals surface area contributed by atoms with Gasteiger partial charge < -0.3 is 15.9 Å². The van der Waals surface area contributed by atoms with Gasteiger partial charge in [0.25, 0.3) is 0 Å². The Morgan fingerprint density at radius 1 is 1.19 bits per heavy atom. The summed E-state index contributed by atoms with van der Waals surface area (Å²) in [7, 11) is 0. The number of H-pyrrole nitrogens is 1. The molecule has 0 radical (unpaired) electrons. The Bertz CT molecular complexity index is 796. The highest BCUT2D eigenvalue weighted by Gasteiger charge is 2.11. The molecule has 1 heterocycles. The van der Waals surface area contributed by atoms with Crippen LogP contribution in [0.1, 0.15) is 5.56 Å². The molecule has 0 aliphatic carbocycles. The van der Waals surface area contributed by atoms with E-state index >= 15 is 0 Å². The molecule has 106 valence electrons. The fourth-order valence-corrected chi connectivity index (χ4v) is 3.42. The highest BCUT2D eigenvalue weighted by Crippen LogP contribution is 2.33. The van der Waals surface area contributed by atoms with E-state index in [9.17, 15) is 0 Å². The van der Waals surface area contributed by atoms with Gasteiger partial charge in [0, 0.05) is 25.8 Å². The summed E-state index contributed by atoms with van der Waals surface area (Å²) in [5, 5.41) is 14.2. The maximum atomic E-state index is 8.91. The summed E-state index contributed by atoms with van der Waals surface area (Å²) in [4.78, 5) is 4.27. The standard InChI is InChI=1S/C15H12BrN3OS/c16-10-5-6-13(11(8-10)15(17)19-20)21-14-7-9-3-1-2-4-12(9)18-14/h1-8,18,20H,(H2,17,19). The smallest absolute Gasteiger partial charge is 0.171 e. The first kappa shape index (κ1) is 14.0. The van der Waals surface area contributed by atoms with Crippen molar-refractivity contribution in [1.29, 1.82) is 0 Å². The molecule has 0 saturated heterocycles. The second-order valence-electron chi connectivity index (χ2n) is 4.45. The third-order valence-electron chi connectivity index (χ3n) is 3.05. The zero-order chi connectivity index (χ0) is 14.8. The van der Waals surface area contributed by atoms with Gasteiger partial charge in [0.2, 0.25) is 0 Å². The van der Waals surface area contributed by atoms with Crippen LogP contribution < -0.4 is 5.73 Å². The SMILES string of the molecule is N/C(=N/O)c1cc(Br)ccc1Sc1cc2ccccc2[nH]1. The second-order valence-corrected chi connectivity index (χ2v) is 6.45. The number of nitrogens with zero attached hydrogens (tertiary/aromatic N) is 1. The van der Waals surface area contributed by atoms with E-state index in [1.807, 2.05) is 36.4 Å². The Morgan fingerprint density at radius 2 is 2.00 bits per heavy atom. The molecule has 0 spiro atoms. The number of aromatic nitrogens is 1.